The zero-order valence-corrected chi connectivity index (χ0v) is 15.7. The lowest BCUT2D eigenvalue weighted by molar-refractivity contribution is -0.115. The summed E-state index contributed by atoms with van der Waals surface area (Å²) in [5, 5.41) is 3.57. The molecule has 0 unspecified atom stereocenters. The van der Waals surface area contributed by atoms with Crippen LogP contribution in [0.5, 0.6) is 0 Å². The first-order valence-electron chi connectivity index (χ1n) is 9.44. The molecule has 7 heteroatoms. The number of furan rings is 1. The van der Waals surface area contributed by atoms with Gasteiger partial charge in [0.1, 0.15) is 17.1 Å². The molecule has 2 aromatic heterocycles. The zero-order valence-electron chi connectivity index (χ0n) is 15.7. The first-order chi connectivity index (χ1) is 13.7. The van der Waals surface area contributed by atoms with Gasteiger partial charge < -0.3 is 19.5 Å². The molecule has 1 aliphatic rings. The number of benzene rings is 1. The maximum atomic E-state index is 13.1. The van der Waals surface area contributed by atoms with E-state index in [1.165, 1.54) is 0 Å². The molecule has 0 aliphatic carbocycles. The van der Waals surface area contributed by atoms with Crippen molar-refractivity contribution in [1.29, 1.82) is 0 Å². The summed E-state index contributed by atoms with van der Waals surface area (Å²) in [6.45, 7) is 4.29. The van der Waals surface area contributed by atoms with Gasteiger partial charge in [0, 0.05) is 44.2 Å². The van der Waals surface area contributed by atoms with Crippen LogP contribution >= 0.6 is 0 Å². The van der Waals surface area contributed by atoms with Crippen molar-refractivity contribution in [2.24, 2.45) is 0 Å². The number of carbonyl (C=O) groups excluding carboxylic acids is 2. The lowest BCUT2D eigenvalue weighted by Gasteiger charge is -2.35. The molecule has 1 fully saturated rings. The lowest BCUT2D eigenvalue weighted by atomic mass is 10.2. The summed E-state index contributed by atoms with van der Waals surface area (Å²) in [6, 6.07) is 13.2. The second kappa shape index (κ2) is 7.72. The largest absolute Gasteiger partial charge is 0.449 e. The number of para-hydroxylation sites is 1. The van der Waals surface area contributed by atoms with E-state index in [1.807, 2.05) is 36.4 Å². The van der Waals surface area contributed by atoms with Crippen LogP contribution in [0.3, 0.4) is 0 Å². The molecule has 1 aliphatic heterocycles. The van der Waals surface area contributed by atoms with Crippen LogP contribution in [0, 0.1) is 0 Å². The van der Waals surface area contributed by atoms with Crippen molar-refractivity contribution in [1.82, 2.24) is 9.88 Å². The molecule has 3 heterocycles. The van der Waals surface area contributed by atoms with Crippen molar-refractivity contribution in [3.63, 3.8) is 0 Å². The highest BCUT2D eigenvalue weighted by Gasteiger charge is 2.29. The smallest absolute Gasteiger partial charge is 0.291 e. The average molecular weight is 378 g/mol. The number of amides is 2. The average Bonchev–Trinajstić information content (AvgIpc) is 3.12. The van der Waals surface area contributed by atoms with Gasteiger partial charge in [-0.05, 0) is 24.3 Å². The molecule has 0 atom stereocenters. The summed E-state index contributed by atoms with van der Waals surface area (Å²) in [5.74, 6) is 0.743. The highest BCUT2D eigenvalue weighted by molar-refractivity contribution is 6.10. The van der Waals surface area contributed by atoms with Crippen LogP contribution in [0.2, 0.25) is 0 Å². The van der Waals surface area contributed by atoms with Crippen molar-refractivity contribution < 1.29 is 14.0 Å². The fraction of sp³-hybridized carbons (Fsp3) is 0.286. The number of hydrogen-bond donors (Lipinski definition) is 1. The quantitative estimate of drug-likeness (QED) is 0.755. The molecule has 1 saturated heterocycles. The number of carbonyl (C=O) groups is 2. The van der Waals surface area contributed by atoms with Gasteiger partial charge in [-0.1, -0.05) is 25.1 Å². The Bertz CT molecular complexity index is 991. The first kappa shape index (κ1) is 18.0. The zero-order chi connectivity index (χ0) is 19.5. The Hall–Kier alpha value is -3.35. The molecule has 28 heavy (non-hydrogen) atoms. The number of nitrogens with zero attached hydrogens (tertiary/aromatic N) is 3. The van der Waals surface area contributed by atoms with E-state index in [9.17, 15) is 9.59 Å². The summed E-state index contributed by atoms with van der Waals surface area (Å²) in [7, 11) is 0. The van der Waals surface area contributed by atoms with E-state index >= 15 is 0 Å². The van der Waals surface area contributed by atoms with Gasteiger partial charge in [0.15, 0.2) is 0 Å². The maximum Gasteiger partial charge on any atom is 0.291 e. The number of anilines is 2. The number of nitrogens with one attached hydrogen (secondary N) is 1. The summed E-state index contributed by atoms with van der Waals surface area (Å²) in [4.78, 5) is 33.4. The molecule has 144 valence electrons. The molecule has 0 bridgehead atoms. The van der Waals surface area contributed by atoms with Gasteiger partial charge in [-0.3, -0.25) is 9.59 Å². The second-order valence-electron chi connectivity index (χ2n) is 6.67. The van der Waals surface area contributed by atoms with Gasteiger partial charge in [-0.25, -0.2) is 4.98 Å². The molecule has 4 rings (SSSR count). The summed E-state index contributed by atoms with van der Waals surface area (Å²) in [5.41, 5.74) is 1.05. The van der Waals surface area contributed by atoms with Crippen molar-refractivity contribution in [3.8, 4) is 0 Å². The van der Waals surface area contributed by atoms with Gasteiger partial charge in [-0.2, -0.15) is 0 Å². The third kappa shape index (κ3) is 3.43. The number of hydrogen-bond acceptors (Lipinski definition) is 5. The van der Waals surface area contributed by atoms with Crippen LogP contribution in [-0.2, 0) is 4.79 Å². The Balaban J connectivity index is 1.56. The van der Waals surface area contributed by atoms with Crippen molar-refractivity contribution in [3.05, 3.63) is 54.4 Å². The van der Waals surface area contributed by atoms with Crippen LogP contribution in [0.1, 0.15) is 23.9 Å². The van der Waals surface area contributed by atoms with Gasteiger partial charge in [0.25, 0.3) is 5.91 Å². The van der Waals surface area contributed by atoms with Gasteiger partial charge in [0.2, 0.25) is 11.7 Å². The minimum absolute atomic E-state index is 0.152. The van der Waals surface area contributed by atoms with Crippen LogP contribution in [-0.4, -0.2) is 47.9 Å². The van der Waals surface area contributed by atoms with Crippen LogP contribution in [0.25, 0.3) is 11.0 Å². The minimum Gasteiger partial charge on any atom is -0.449 e. The van der Waals surface area contributed by atoms with Crippen LogP contribution in [0.15, 0.2) is 53.1 Å². The summed E-state index contributed by atoms with van der Waals surface area (Å²) >= 11 is 0. The fourth-order valence-electron chi connectivity index (χ4n) is 3.37. The van der Waals surface area contributed by atoms with Gasteiger partial charge >= 0.3 is 0 Å². The molecule has 0 spiro atoms. The van der Waals surface area contributed by atoms with E-state index in [1.54, 1.807) is 24.1 Å². The number of rotatable bonds is 4. The summed E-state index contributed by atoms with van der Waals surface area (Å²) < 4.78 is 5.84. The Labute approximate surface area is 162 Å². The van der Waals surface area contributed by atoms with Crippen molar-refractivity contribution in [2.45, 2.75) is 13.3 Å². The molecular formula is C21H22N4O3. The Morgan fingerprint density at radius 3 is 2.54 bits per heavy atom. The van der Waals surface area contributed by atoms with E-state index < -0.39 is 0 Å². The predicted molar refractivity (Wildman–Crippen MR) is 107 cm³/mol. The van der Waals surface area contributed by atoms with Crippen LogP contribution < -0.4 is 10.2 Å². The highest BCUT2D eigenvalue weighted by Crippen LogP contribution is 2.32. The molecule has 1 N–H and O–H groups in total. The van der Waals surface area contributed by atoms with Gasteiger partial charge in [0.05, 0.1) is 0 Å². The third-order valence-corrected chi connectivity index (χ3v) is 4.92. The molecular weight excluding hydrogens is 356 g/mol. The van der Waals surface area contributed by atoms with E-state index in [0.29, 0.717) is 43.9 Å². The monoisotopic (exact) mass is 378 g/mol. The number of pyridine rings is 1. The third-order valence-electron chi connectivity index (χ3n) is 4.92. The molecule has 1 aromatic carbocycles. The molecule has 2 amide bonds. The minimum atomic E-state index is -0.205. The number of piperazine rings is 1. The topological polar surface area (TPSA) is 78.7 Å². The Morgan fingerprint density at radius 2 is 1.82 bits per heavy atom. The number of fused-ring (bicyclic) bond motifs is 1. The lowest BCUT2D eigenvalue weighted by Crippen LogP contribution is -2.49. The van der Waals surface area contributed by atoms with E-state index in [-0.39, 0.29) is 17.6 Å². The van der Waals surface area contributed by atoms with Gasteiger partial charge in [-0.15, -0.1) is 0 Å². The predicted octanol–water partition coefficient (Wildman–Crippen LogP) is 3.14. The molecule has 0 radical (unpaired) electrons. The second-order valence-corrected chi connectivity index (χ2v) is 6.67. The first-order valence-corrected chi connectivity index (χ1v) is 9.44. The molecule has 7 nitrogen and oxygen atoms in total. The van der Waals surface area contributed by atoms with E-state index in [2.05, 4.69) is 15.2 Å². The van der Waals surface area contributed by atoms with E-state index in [4.69, 9.17) is 4.42 Å². The van der Waals surface area contributed by atoms with Crippen LogP contribution in [0.4, 0.5) is 11.5 Å². The number of aromatic nitrogens is 1. The van der Waals surface area contributed by atoms with Crippen molar-refractivity contribution in [2.75, 3.05) is 36.4 Å². The summed E-state index contributed by atoms with van der Waals surface area (Å²) in [6.07, 6.45) is 2.10. The highest BCUT2D eigenvalue weighted by atomic mass is 16.3. The Morgan fingerprint density at radius 1 is 1.07 bits per heavy atom. The molecule has 0 saturated carbocycles. The normalized spacial score (nSPS) is 14.3. The van der Waals surface area contributed by atoms with Crippen molar-refractivity contribution >= 4 is 34.3 Å². The van der Waals surface area contributed by atoms with E-state index in [0.717, 1.165) is 11.2 Å². The molecule has 3 aromatic rings. The SMILES string of the molecule is CCC(=O)Nc1c(C(=O)N2CCN(c3ccccn3)CC2)oc2ccccc12. The Kier molecular flexibility index (Phi) is 4.97. The maximum absolute atomic E-state index is 13.1. The standard InChI is InChI=1S/C21H22N4O3/c1-2-18(26)23-19-15-7-3-4-8-16(15)28-20(19)21(27)25-13-11-24(12-14-25)17-9-5-6-10-22-17/h3-10H,2,11-14H2,1H3,(H,23,26). The fourth-order valence-corrected chi connectivity index (χ4v) is 3.37.